The van der Waals surface area contributed by atoms with Gasteiger partial charge in [0.25, 0.3) is 0 Å². The van der Waals surface area contributed by atoms with Crippen LogP contribution in [0.4, 0.5) is 0 Å². The predicted molar refractivity (Wildman–Crippen MR) is 37.7 cm³/mol. The van der Waals surface area contributed by atoms with Crippen LogP contribution in [0, 0.1) is 0 Å². The second-order valence-corrected chi connectivity index (χ2v) is 3.24. The maximum atomic E-state index is 2.30. The highest BCUT2D eigenvalue weighted by Crippen LogP contribution is 2.09. The lowest BCUT2D eigenvalue weighted by Gasteiger charge is -2.29. The van der Waals surface area contributed by atoms with Gasteiger partial charge >= 0.3 is 0 Å². The molecule has 0 amide bonds. The van der Waals surface area contributed by atoms with E-state index in [1.165, 1.54) is 11.8 Å². The summed E-state index contributed by atoms with van der Waals surface area (Å²) in [5.41, 5.74) is 0. The number of hydrogen-bond acceptors (Lipinski definition) is 3. The van der Waals surface area contributed by atoms with Crippen molar-refractivity contribution in [1.82, 2.24) is 9.80 Å². The van der Waals surface area contributed by atoms with Gasteiger partial charge in [-0.05, 0) is 14.1 Å². The van der Waals surface area contributed by atoms with Crippen LogP contribution in [0.2, 0.25) is 0 Å². The summed E-state index contributed by atoms with van der Waals surface area (Å²) in [6.07, 6.45) is 0. The van der Waals surface area contributed by atoms with Crippen LogP contribution in [-0.4, -0.2) is 42.3 Å². The van der Waals surface area contributed by atoms with Crippen LogP contribution in [-0.2, 0) is 0 Å². The van der Waals surface area contributed by atoms with Crippen molar-refractivity contribution in [3.63, 3.8) is 0 Å². The van der Waals surface area contributed by atoms with Crippen molar-refractivity contribution in [2.24, 2.45) is 0 Å². The first kappa shape index (κ1) is 6.39. The van der Waals surface area contributed by atoms with Crippen molar-refractivity contribution in [3.8, 4) is 0 Å². The minimum absolute atomic E-state index is 1.12. The second kappa shape index (κ2) is 2.71. The molecule has 48 valence electrons. The summed E-state index contributed by atoms with van der Waals surface area (Å²) in [5, 5.41) is 0. The predicted octanol–water partition coefficient (Wildman–Crippen LogP) is 0.469. The maximum absolute atomic E-state index is 2.30. The van der Waals surface area contributed by atoms with E-state index in [9.17, 15) is 0 Å². The zero-order valence-corrected chi connectivity index (χ0v) is 6.24. The summed E-state index contributed by atoms with van der Waals surface area (Å²) < 4.78 is 0. The molecule has 0 aromatic heterocycles. The highest BCUT2D eigenvalue weighted by Gasteiger charge is 2.08. The number of rotatable bonds is 0. The Kier molecular flexibility index (Phi) is 2.16. The second-order valence-electron chi connectivity index (χ2n) is 2.32. The Hall–Kier alpha value is 0.270. The Morgan fingerprint density at radius 3 is 1.88 bits per heavy atom. The summed E-state index contributed by atoms with van der Waals surface area (Å²) in [5.74, 6) is 2.37. The molecule has 1 rings (SSSR count). The Balaban J connectivity index is 2.23. The standard InChI is InChI=1S/C5H12N2S/c1-6-3-7(2)5-8-4-6/h3-5H2,1-2H3. The van der Waals surface area contributed by atoms with Gasteiger partial charge in [0.2, 0.25) is 0 Å². The first-order chi connectivity index (χ1) is 3.79. The van der Waals surface area contributed by atoms with Crippen molar-refractivity contribution in [3.05, 3.63) is 0 Å². The molecule has 0 radical (unpaired) electrons. The third-order valence-corrected chi connectivity index (χ3v) is 2.35. The van der Waals surface area contributed by atoms with Gasteiger partial charge in [-0.2, -0.15) is 0 Å². The minimum Gasteiger partial charge on any atom is -0.284 e. The van der Waals surface area contributed by atoms with E-state index in [2.05, 4.69) is 23.9 Å². The van der Waals surface area contributed by atoms with Crippen LogP contribution >= 0.6 is 11.8 Å². The first-order valence-electron chi connectivity index (χ1n) is 2.74. The Bertz CT molecular complexity index is 68.8. The zero-order chi connectivity index (χ0) is 5.98. The van der Waals surface area contributed by atoms with Crippen LogP contribution < -0.4 is 0 Å². The van der Waals surface area contributed by atoms with Gasteiger partial charge in [0, 0.05) is 11.8 Å². The van der Waals surface area contributed by atoms with Crippen LogP contribution in [0.15, 0.2) is 0 Å². The van der Waals surface area contributed by atoms with Gasteiger partial charge in [-0.25, -0.2) is 0 Å². The molecule has 0 spiro atoms. The van der Waals surface area contributed by atoms with E-state index < -0.39 is 0 Å². The van der Waals surface area contributed by atoms with Gasteiger partial charge in [0.15, 0.2) is 0 Å². The highest BCUT2D eigenvalue weighted by atomic mass is 32.2. The summed E-state index contributed by atoms with van der Waals surface area (Å²) in [6, 6.07) is 0. The average molecular weight is 132 g/mol. The molecule has 0 saturated carbocycles. The third-order valence-electron chi connectivity index (χ3n) is 1.11. The third kappa shape index (κ3) is 1.65. The lowest BCUT2D eigenvalue weighted by Crippen LogP contribution is -2.37. The van der Waals surface area contributed by atoms with Crippen molar-refractivity contribution in [2.75, 3.05) is 32.5 Å². The topological polar surface area (TPSA) is 6.48 Å². The fraction of sp³-hybridized carbons (Fsp3) is 1.00. The molecule has 1 heterocycles. The van der Waals surface area contributed by atoms with Gasteiger partial charge in [0.05, 0.1) is 6.67 Å². The van der Waals surface area contributed by atoms with Crippen molar-refractivity contribution in [1.29, 1.82) is 0 Å². The van der Waals surface area contributed by atoms with E-state index in [1.807, 2.05) is 11.8 Å². The van der Waals surface area contributed by atoms with Gasteiger partial charge in [-0.1, -0.05) is 0 Å². The van der Waals surface area contributed by atoms with Crippen LogP contribution in [0.1, 0.15) is 0 Å². The zero-order valence-electron chi connectivity index (χ0n) is 5.42. The molecule has 0 aromatic carbocycles. The maximum Gasteiger partial charge on any atom is 0.0515 e. The monoisotopic (exact) mass is 132 g/mol. The van der Waals surface area contributed by atoms with Crippen LogP contribution in [0.5, 0.6) is 0 Å². The summed E-state index contributed by atoms with van der Waals surface area (Å²) >= 11 is 1.96. The molecular weight excluding hydrogens is 120 g/mol. The molecule has 1 fully saturated rings. The van der Waals surface area contributed by atoms with Crippen molar-refractivity contribution in [2.45, 2.75) is 0 Å². The minimum atomic E-state index is 1.12. The van der Waals surface area contributed by atoms with E-state index in [1.54, 1.807) is 0 Å². The molecule has 1 aliphatic heterocycles. The Morgan fingerprint density at radius 2 is 1.62 bits per heavy atom. The largest absolute Gasteiger partial charge is 0.284 e. The molecular formula is C5H12N2S. The molecule has 0 aliphatic carbocycles. The van der Waals surface area contributed by atoms with Gasteiger partial charge < -0.3 is 0 Å². The van der Waals surface area contributed by atoms with Crippen LogP contribution in [0.3, 0.4) is 0 Å². The number of hydrogen-bond donors (Lipinski definition) is 0. The van der Waals surface area contributed by atoms with Crippen LogP contribution in [0.25, 0.3) is 0 Å². The van der Waals surface area contributed by atoms with E-state index in [-0.39, 0.29) is 0 Å². The molecule has 1 saturated heterocycles. The van der Waals surface area contributed by atoms with Crippen molar-refractivity contribution >= 4 is 11.8 Å². The molecule has 0 unspecified atom stereocenters. The summed E-state index contributed by atoms with van der Waals surface area (Å²) in [6.45, 7) is 1.12. The van der Waals surface area contributed by atoms with Gasteiger partial charge in [-0.3, -0.25) is 9.80 Å². The average Bonchev–Trinajstić information content (AvgIpc) is 1.64. The van der Waals surface area contributed by atoms with Gasteiger partial charge in [0.1, 0.15) is 0 Å². The van der Waals surface area contributed by atoms with E-state index >= 15 is 0 Å². The lowest BCUT2D eigenvalue weighted by molar-refractivity contribution is 0.217. The van der Waals surface area contributed by atoms with E-state index in [0.29, 0.717) is 0 Å². The summed E-state index contributed by atoms with van der Waals surface area (Å²) in [7, 11) is 4.28. The smallest absolute Gasteiger partial charge is 0.0515 e. The molecule has 0 aromatic rings. The molecule has 3 heteroatoms. The number of thioether (sulfide) groups is 1. The molecule has 2 nitrogen and oxygen atoms in total. The van der Waals surface area contributed by atoms with Gasteiger partial charge in [-0.15, -0.1) is 11.8 Å². The van der Waals surface area contributed by atoms with E-state index in [0.717, 1.165) is 6.67 Å². The summed E-state index contributed by atoms with van der Waals surface area (Å²) in [4.78, 5) is 4.60. The highest BCUT2D eigenvalue weighted by molar-refractivity contribution is 7.99. The molecule has 1 aliphatic rings. The number of nitrogens with zero attached hydrogens (tertiary/aromatic N) is 2. The Morgan fingerprint density at radius 1 is 1.12 bits per heavy atom. The molecule has 0 atom stereocenters. The van der Waals surface area contributed by atoms with E-state index in [4.69, 9.17) is 0 Å². The Labute approximate surface area is 54.8 Å². The fourth-order valence-electron chi connectivity index (χ4n) is 0.846. The molecule has 0 bridgehead atoms. The lowest BCUT2D eigenvalue weighted by atomic mass is 10.8. The first-order valence-corrected chi connectivity index (χ1v) is 3.89. The normalized spacial score (nSPS) is 26.2. The quantitative estimate of drug-likeness (QED) is 0.473. The van der Waals surface area contributed by atoms with Crippen molar-refractivity contribution < 1.29 is 0 Å². The SMILES string of the molecule is CN1CSCN(C)C1. The molecule has 0 N–H and O–H groups in total. The molecule has 8 heavy (non-hydrogen) atoms. The fourth-order valence-corrected chi connectivity index (χ4v) is 1.71.